The predicted octanol–water partition coefficient (Wildman–Crippen LogP) is 2.94. The van der Waals surface area contributed by atoms with Gasteiger partial charge in [0.2, 0.25) is 0 Å². The van der Waals surface area contributed by atoms with Gasteiger partial charge >= 0.3 is 0 Å². The smallest absolute Gasteiger partial charge is 0.124 e. The lowest BCUT2D eigenvalue weighted by Gasteiger charge is -1.98. The summed E-state index contributed by atoms with van der Waals surface area (Å²) in [6.07, 6.45) is 2.72. The Kier molecular flexibility index (Phi) is 2.61. The molecule has 1 aliphatic carbocycles. The minimum Gasteiger partial charge on any atom is -0.310 e. The van der Waals surface area contributed by atoms with Crippen molar-refractivity contribution in [3.63, 3.8) is 0 Å². The molecule has 4 heteroatoms. The van der Waals surface area contributed by atoms with Crippen molar-refractivity contribution in [1.82, 2.24) is 10.3 Å². The van der Waals surface area contributed by atoms with E-state index < -0.39 is 0 Å². The van der Waals surface area contributed by atoms with E-state index in [1.807, 2.05) is 0 Å². The molecule has 0 atom stereocenters. The molecule has 0 radical (unpaired) electrons. The van der Waals surface area contributed by atoms with Gasteiger partial charge < -0.3 is 5.32 Å². The molecule has 1 fully saturated rings. The Labute approximate surface area is 97.5 Å². The fraction of sp³-hybridized carbons (Fsp3) is 0.417. The van der Waals surface area contributed by atoms with Gasteiger partial charge in [0.25, 0.3) is 0 Å². The summed E-state index contributed by atoms with van der Waals surface area (Å²) >= 11 is 1.57. The molecule has 1 saturated carbocycles. The Hall–Kier alpha value is -1.00. The van der Waals surface area contributed by atoms with Crippen LogP contribution in [0.5, 0.6) is 0 Å². The molecule has 0 bridgehead atoms. The second-order valence-electron chi connectivity index (χ2n) is 4.29. The maximum absolute atomic E-state index is 13.0. The summed E-state index contributed by atoms with van der Waals surface area (Å²) in [5.41, 5.74) is 0.898. The highest BCUT2D eigenvalue weighted by atomic mass is 32.1. The normalized spacial score (nSPS) is 15.8. The van der Waals surface area contributed by atoms with Gasteiger partial charge in [-0.2, -0.15) is 0 Å². The van der Waals surface area contributed by atoms with Crippen LogP contribution in [0.1, 0.15) is 17.8 Å². The minimum atomic E-state index is -0.186. The molecule has 1 aliphatic rings. The van der Waals surface area contributed by atoms with E-state index in [0.717, 1.165) is 34.2 Å². The first-order chi connectivity index (χ1) is 7.81. The van der Waals surface area contributed by atoms with Crippen molar-refractivity contribution in [2.75, 3.05) is 6.54 Å². The highest BCUT2D eigenvalue weighted by molar-refractivity contribution is 7.18. The number of thiazole rings is 1. The van der Waals surface area contributed by atoms with Crippen molar-refractivity contribution in [1.29, 1.82) is 0 Å². The zero-order valence-corrected chi connectivity index (χ0v) is 9.69. The molecule has 84 valence electrons. The van der Waals surface area contributed by atoms with Gasteiger partial charge in [0.15, 0.2) is 0 Å². The summed E-state index contributed by atoms with van der Waals surface area (Å²) in [5.74, 6) is 0.695. The van der Waals surface area contributed by atoms with Gasteiger partial charge in [0.05, 0.1) is 10.2 Å². The van der Waals surface area contributed by atoms with E-state index in [2.05, 4.69) is 10.3 Å². The molecule has 3 rings (SSSR count). The van der Waals surface area contributed by atoms with Crippen molar-refractivity contribution in [2.45, 2.75) is 19.4 Å². The van der Waals surface area contributed by atoms with Crippen molar-refractivity contribution < 1.29 is 4.39 Å². The summed E-state index contributed by atoms with van der Waals surface area (Å²) in [4.78, 5) is 4.46. The van der Waals surface area contributed by atoms with Crippen LogP contribution in [-0.2, 0) is 6.54 Å². The Morgan fingerprint density at radius 1 is 1.44 bits per heavy atom. The van der Waals surface area contributed by atoms with E-state index in [0.29, 0.717) is 0 Å². The van der Waals surface area contributed by atoms with Crippen LogP contribution in [0, 0.1) is 11.7 Å². The third-order valence-electron chi connectivity index (χ3n) is 2.80. The second kappa shape index (κ2) is 4.11. The average Bonchev–Trinajstić information content (AvgIpc) is 2.98. The fourth-order valence-corrected chi connectivity index (χ4v) is 2.69. The molecule has 1 N–H and O–H groups in total. The first kappa shape index (κ1) is 10.2. The summed E-state index contributed by atoms with van der Waals surface area (Å²) in [5, 5.41) is 4.44. The van der Waals surface area contributed by atoms with Crippen molar-refractivity contribution in [3.8, 4) is 0 Å². The first-order valence-corrected chi connectivity index (χ1v) is 6.38. The average molecular weight is 236 g/mol. The van der Waals surface area contributed by atoms with Gasteiger partial charge in [-0.15, -0.1) is 11.3 Å². The van der Waals surface area contributed by atoms with Gasteiger partial charge in [-0.1, -0.05) is 0 Å². The fourth-order valence-electron chi connectivity index (χ4n) is 1.73. The molecule has 0 aliphatic heterocycles. The molecular weight excluding hydrogens is 223 g/mol. The van der Waals surface area contributed by atoms with Gasteiger partial charge in [0, 0.05) is 6.54 Å². The lowest BCUT2D eigenvalue weighted by Crippen LogP contribution is -2.15. The zero-order chi connectivity index (χ0) is 11.0. The minimum absolute atomic E-state index is 0.186. The standard InChI is InChI=1S/C12H13FN2S/c13-9-3-4-10-11(5-9)16-12(15-10)7-14-6-8-1-2-8/h3-5,8,14H,1-2,6-7H2. The highest BCUT2D eigenvalue weighted by Crippen LogP contribution is 2.28. The number of halogens is 1. The topological polar surface area (TPSA) is 24.9 Å². The van der Waals surface area contributed by atoms with Crippen LogP contribution in [-0.4, -0.2) is 11.5 Å². The van der Waals surface area contributed by atoms with Crippen molar-refractivity contribution >= 4 is 21.6 Å². The van der Waals surface area contributed by atoms with Crippen LogP contribution in [0.15, 0.2) is 18.2 Å². The number of nitrogens with one attached hydrogen (secondary N) is 1. The molecule has 1 aromatic heterocycles. The lowest BCUT2D eigenvalue weighted by molar-refractivity contribution is 0.630. The molecule has 2 nitrogen and oxygen atoms in total. The monoisotopic (exact) mass is 236 g/mol. The molecule has 0 spiro atoms. The van der Waals surface area contributed by atoms with E-state index in [9.17, 15) is 4.39 Å². The van der Waals surface area contributed by atoms with E-state index in [4.69, 9.17) is 0 Å². The number of nitrogens with zero attached hydrogens (tertiary/aromatic N) is 1. The molecular formula is C12H13FN2S. The Morgan fingerprint density at radius 2 is 2.31 bits per heavy atom. The van der Waals surface area contributed by atoms with Crippen LogP contribution in [0.25, 0.3) is 10.2 Å². The van der Waals surface area contributed by atoms with Gasteiger partial charge in [-0.3, -0.25) is 0 Å². The number of fused-ring (bicyclic) bond motifs is 1. The Balaban J connectivity index is 1.71. The molecule has 2 aromatic rings. The number of hydrogen-bond acceptors (Lipinski definition) is 3. The van der Waals surface area contributed by atoms with E-state index >= 15 is 0 Å². The molecule has 1 heterocycles. The third kappa shape index (κ3) is 2.23. The largest absolute Gasteiger partial charge is 0.310 e. The zero-order valence-electron chi connectivity index (χ0n) is 8.87. The van der Waals surface area contributed by atoms with Crippen LogP contribution < -0.4 is 5.32 Å². The number of rotatable bonds is 4. The Morgan fingerprint density at radius 3 is 3.12 bits per heavy atom. The maximum atomic E-state index is 13.0. The molecule has 1 aromatic carbocycles. The first-order valence-electron chi connectivity index (χ1n) is 5.57. The van der Waals surface area contributed by atoms with Crippen LogP contribution in [0.2, 0.25) is 0 Å². The van der Waals surface area contributed by atoms with Crippen LogP contribution in [0.3, 0.4) is 0 Å². The lowest BCUT2D eigenvalue weighted by atomic mass is 10.3. The van der Waals surface area contributed by atoms with Crippen molar-refractivity contribution in [2.24, 2.45) is 5.92 Å². The highest BCUT2D eigenvalue weighted by Gasteiger charge is 2.20. The second-order valence-corrected chi connectivity index (χ2v) is 5.41. The SMILES string of the molecule is Fc1ccc2nc(CNCC3CC3)sc2c1. The van der Waals surface area contributed by atoms with Gasteiger partial charge in [-0.25, -0.2) is 9.37 Å². The molecule has 0 amide bonds. The molecule has 0 saturated heterocycles. The van der Waals surface area contributed by atoms with E-state index in [1.165, 1.54) is 18.9 Å². The Bertz CT molecular complexity index is 505. The summed E-state index contributed by atoms with van der Waals surface area (Å²) in [7, 11) is 0. The summed E-state index contributed by atoms with van der Waals surface area (Å²) in [6, 6.07) is 4.76. The number of hydrogen-bond donors (Lipinski definition) is 1. The van der Waals surface area contributed by atoms with Crippen molar-refractivity contribution in [3.05, 3.63) is 29.0 Å². The quantitative estimate of drug-likeness (QED) is 0.883. The van der Waals surface area contributed by atoms with E-state index in [-0.39, 0.29) is 5.82 Å². The van der Waals surface area contributed by atoms with Crippen LogP contribution >= 0.6 is 11.3 Å². The molecule has 16 heavy (non-hydrogen) atoms. The van der Waals surface area contributed by atoms with Gasteiger partial charge in [0.1, 0.15) is 10.8 Å². The summed E-state index contributed by atoms with van der Waals surface area (Å²) < 4.78 is 13.9. The third-order valence-corrected chi connectivity index (χ3v) is 3.82. The maximum Gasteiger partial charge on any atom is 0.124 e. The van der Waals surface area contributed by atoms with E-state index in [1.54, 1.807) is 23.5 Å². The summed E-state index contributed by atoms with van der Waals surface area (Å²) in [6.45, 7) is 1.89. The van der Waals surface area contributed by atoms with Crippen LogP contribution in [0.4, 0.5) is 4.39 Å². The number of aromatic nitrogens is 1. The number of benzene rings is 1. The predicted molar refractivity (Wildman–Crippen MR) is 64.0 cm³/mol. The van der Waals surface area contributed by atoms with Gasteiger partial charge in [-0.05, 0) is 43.5 Å². The molecule has 0 unspecified atom stereocenters.